The van der Waals surface area contributed by atoms with Crippen LogP contribution in [0.4, 0.5) is 0 Å². The molecule has 0 saturated carbocycles. The summed E-state index contributed by atoms with van der Waals surface area (Å²) in [6.45, 7) is 0. The summed E-state index contributed by atoms with van der Waals surface area (Å²) < 4.78 is 0. The molecule has 0 aromatic carbocycles. The fraction of sp³-hybridized carbons (Fsp3) is 0. The van der Waals surface area contributed by atoms with Crippen LogP contribution in [0.25, 0.3) is 11.2 Å². The van der Waals surface area contributed by atoms with Gasteiger partial charge in [0.15, 0.2) is 5.65 Å². The van der Waals surface area contributed by atoms with Crippen molar-refractivity contribution in [2.75, 3.05) is 0 Å². The molecule has 3 aromatic heterocycles. The third-order valence-corrected chi connectivity index (χ3v) is 1.59. The molecule has 3 rings (SSSR count). The molecule has 0 radical (unpaired) electrons. The van der Waals surface area contributed by atoms with E-state index < -0.39 is 0 Å². The summed E-state index contributed by atoms with van der Waals surface area (Å²) in [5, 5.41) is 0. The molecule has 0 atom stereocenters. The lowest BCUT2D eigenvalue weighted by Crippen LogP contribution is -1.76. The van der Waals surface area contributed by atoms with Crippen molar-refractivity contribution in [1.82, 2.24) is 24.9 Å². The summed E-state index contributed by atoms with van der Waals surface area (Å²) >= 11 is 0. The summed E-state index contributed by atoms with van der Waals surface area (Å²) in [6, 6.07) is 3.89. The smallest absolute Gasteiger partial charge is 0.180 e. The largest absolute Gasteiger partial charge is 0.368 e. The zero-order chi connectivity index (χ0) is 9.64. The number of hydrogen-bond acceptors (Lipinski definition) is 3. The van der Waals surface area contributed by atoms with Gasteiger partial charge in [0.25, 0.3) is 0 Å². The molecule has 0 amide bonds. The van der Waals surface area contributed by atoms with Gasteiger partial charge in [-0.25, -0.2) is 15.0 Å². The maximum atomic E-state index is 3.91. The van der Waals surface area contributed by atoms with E-state index >= 15 is 0 Å². The minimum atomic E-state index is 0. The average molecular weight is 221 g/mol. The molecule has 6 heteroatoms. The molecule has 5 nitrogen and oxygen atoms in total. The molecule has 0 aliphatic rings. The Bertz CT molecular complexity index is 428. The van der Waals surface area contributed by atoms with Crippen molar-refractivity contribution in [3.63, 3.8) is 0 Å². The molecule has 0 spiro atoms. The number of H-pyrrole nitrogens is 2. The zero-order valence-electron chi connectivity index (χ0n) is 7.88. The summed E-state index contributed by atoms with van der Waals surface area (Å²) in [4.78, 5) is 17.3. The van der Waals surface area contributed by atoms with Gasteiger partial charge in [-0.2, -0.15) is 13.5 Å². The average Bonchev–Trinajstić information content (AvgIpc) is 2.92. The molecule has 2 N–H and O–H groups in total. The first kappa shape index (κ1) is 11.3. The predicted octanol–water partition coefficient (Wildman–Crippen LogP) is 1.48. The number of nitrogens with one attached hydrogen (secondary N) is 2. The molecule has 0 aliphatic heterocycles. The Kier molecular flexibility index (Phi) is 4.36. The molecular weight excluding hydrogens is 210 g/mol. The molecule has 0 fully saturated rings. The third kappa shape index (κ3) is 3.10. The molecule has 0 bridgehead atoms. The van der Waals surface area contributed by atoms with Gasteiger partial charge in [0.05, 0.1) is 12.5 Å². The molecule has 0 saturated heterocycles. The standard InChI is InChI=1S/C5H4N4.C4H5N.H2S/c1-4-5(8-2-6-1)9-3-7-4;1-2-4-5-3-1;/h1-3H,(H,6,7,8,9);1-5H;1H2. The highest BCUT2D eigenvalue weighted by Gasteiger charge is 1.91. The maximum absolute atomic E-state index is 3.91. The summed E-state index contributed by atoms with van der Waals surface area (Å²) in [6.07, 6.45) is 8.51. The molecule has 78 valence electrons. The van der Waals surface area contributed by atoms with E-state index in [0.29, 0.717) is 5.65 Å². The van der Waals surface area contributed by atoms with Crippen LogP contribution in [0.1, 0.15) is 0 Å². The van der Waals surface area contributed by atoms with Gasteiger partial charge in [-0.1, -0.05) is 0 Å². The molecule has 0 aliphatic carbocycles. The van der Waals surface area contributed by atoms with Crippen molar-refractivity contribution in [3.8, 4) is 0 Å². The molecule has 3 heterocycles. The Morgan fingerprint density at radius 2 is 1.87 bits per heavy atom. The second-order valence-electron chi connectivity index (χ2n) is 2.55. The Balaban J connectivity index is 0.000000162. The van der Waals surface area contributed by atoms with Crippen molar-refractivity contribution in [2.45, 2.75) is 0 Å². The Labute approximate surface area is 93.4 Å². The van der Waals surface area contributed by atoms with Crippen LogP contribution in [-0.2, 0) is 0 Å². The number of rotatable bonds is 0. The number of imidazole rings is 1. The number of aromatic amines is 2. The Morgan fingerprint density at radius 1 is 1.07 bits per heavy atom. The lowest BCUT2D eigenvalue weighted by atomic mass is 10.6. The molecule has 15 heavy (non-hydrogen) atoms. The second-order valence-corrected chi connectivity index (χ2v) is 2.55. The summed E-state index contributed by atoms with van der Waals surface area (Å²) in [5.74, 6) is 0. The first-order valence-electron chi connectivity index (χ1n) is 4.13. The van der Waals surface area contributed by atoms with Gasteiger partial charge in [-0.05, 0) is 12.1 Å². The van der Waals surface area contributed by atoms with Gasteiger partial charge in [-0.3, -0.25) is 0 Å². The van der Waals surface area contributed by atoms with Gasteiger partial charge < -0.3 is 9.97 Å². The van der Waals surface area contributed by atoms with E-state index in [2.05, 4.69) is 24.9 Å². The topological polar surface area (TPSA) is 70.2 Å². The van der Waals surface area contributed by atoms with Crippen LogP contribution in [-0.4, -0.2) is 24.9 Å². The Morgan fingerprint density at radius 3 is 2.47 bits per heavy atom. The van der Waals surface area contributed by atoms with Crippen LogP contribution in [0.15, 0.2) is 43.4 Å². The van der Waals surface area contributed by atoms with Crippen LogP contribution in [0.2, 0.25) is 0 Å². The molecular formula is C9H11N5S. The first-order valence-corrected chi connectivity index (χ1v) is 4.13. The van der Waals surface area contributed by atoms with Gasteiger partial charge in [0, 0.05) is 12.4 Å². The van der Waals surface area contributed by atoms with Crippen LogP contribution < -0.4 is 0 Å². The van der Waals surface area contributed by atoms with E-state index in [-0.39, 0.29) is 13.5 Å². The monoisotopic (exact) mass is 221 g/mol. The van der Waals surface area contributed by atoms with Crippen LogP contribution in [0.3, 0.4) is 0 Å². The highest BCUT2D eigenvalue weighted by atomic mass is 32.1. The van der Waals surface area contributed by atoms with Gasteiger partial charge in [0.2, 0.25) is 0 Å². The van der Waals surface area contributed by atoms with Gasteiger partial charge in [-0.15, -0.1) is 0 Å². The maximum Gasteiger partial charge on any atom is 0.180 e. The van der Waals surface area contributed by atoms with E-state index in [1.807, 2.05) is 24.5 Å². The number of nitrogens with zero attached hydrogens (tertiary/aromatic N) is 3. The highest BCUT2D eigenvalue weighted by molar-refractivity contribution is 7.59. The van der Waals surface area contributed by atoms with Crippen molar-refractivity contribution < 1.29 is 0 Å². The van der Waals surface area contributed by atoms with E-state index in [1.165, 1.54) is 6.33 Å². The Hall–Kier alpha value is -1.82. The predicted molar refractivity (Wildman–Crippen MR) is 62.9 cm³/mol. The first-order chi connectivity index (χ1) is 6.97. The van der Waals surface area contributed by atoms with Crippen LogP contribution in [0, 0.1) is 0 Å². The van der Waals surface area contributed by atoms with E-state index in [4.69, 9.17) is 0 Å². The number of hydrogen-bond donors (Lipinski definition) is 2. The van der Waals surface area contributed by atoms with Crippen LogP contribution >= 0.6 is 13.5 Å². The third-order valence-electron chi connectivity index (χ3n) is 1.59. The van der Waals surface area contributed by atoms with Crippen LogP contribution in [0.5, 0.6) is 0 Å². The van der Waals surface area contributed by atoms with Gasteiger partial charge >= 0.3 is 0 Å². The van der Waals surface area contributed by atoms with Crippen molar-refractivity contribution >= 4 is 24.7 Å². The lowest BCUT2D eigenvalue weighted by molar-refractivity contribution is 1.20. The quantitative estimate of drug-likeness (QED) is 0.604. The SMILES string of the molecule is S.c1cc[nH]c1.c1ncc2[nH]cnc2n1. The van der Waals surface area contributed by atoms with E-state index in [0.717, 1.165) is 5.52 Å². The molecule has 0 unspecified atom stereocenters. The highest BCUT2D eigenvalue weighted by Crippen LogP contribution is 1.99. The summed E-state index contributed by atoms with van der Waals surface area (Å²) in [5.41, 5.74) is 1.59. The van der Waals surface area contributed by atoms with Gasteiger partial charge in [0.1, 0.15) is 11.8 Å². The molecule has 3 aromatic rings. The van der Waals surface area contributed by atoms with Crippen molar-refractivity contribution in [1.29, 1.82) is 0 Å². The zero-order valence-corrected chi connectivity index (χ0v) is 8.88. The van der Waals surface area contributed by atoms with Crippen molar-refractivity contribution in [2.24, 2.45) is 0 Å². The minimum Gasteiger partial charge on any atom is -0.368 e. The van der Waals surface area contributed by atoms with E-state index in [9.17, 15) is 0 Å². The van der Waals surface area contributed by atoms with E-state index in [1.54, 1.807) is 12.5 Å². The fourth-order valence-corrected chi connectivity index (χ4v) is 0.969. The summed E-state index contributed by atoms with van der Waals surface area (Å²) in [7, 11) is 0. The lowest BCUT2D eigenvalue weighted by Gasteiger charge is -1.80. The van der Waals surface area contributed by atoms with Crippen molar-refractivity contribution in [3.05, 3.63) is 43.4 Å². The normalized spacial score (nSPS) is 8.80. The number of fused-ring (bicyclic) bond motifs is 1. The second kappa shape index (κ2) is 5.82. The minimum absolute atomic E-state index is 0. The number of aromatic nitrogens is 5. The fourth-order valence-electron chi connectivity index (χ4n) is 0.969.